The lowest BCUT2D eigenvalue weighted by molar-refractivity contribution is 0.691. The number of pyridine rings is 1. The van der Waals surface area contributed by atoms with Gasteiger partial charge in [0.2, 0.25) is 0 Å². The average molecular weight is 277 g/mol. The second-order valence-electron chi connectivity index (χ2n) is 3.59. The quantitative estimate of drug-likeness (QED) is 0.928. The average Bonchev–Trinajstić information content (AvgIpc) is 2.33. The van der Waals surface area contributed by atoms with Gasteiger partial charge in [-0.05, 0) is 29.3 Å². The van der Waals surface area contributed by atoms with Crippen molar-refractivity contribution in [2.24, 2.45) is 0 Å². The highest BCUT2D eigenvalue weighted by molar-refractivity contribution is 9.10. The van der Waals surface area contributed by atoms with Crippen molar-refractivity contribution in [2.75, 3.05) is 0 Å². The predicted molar refractivity (Wildman–Crippen MR) is 68.9 cm³/mol. The van der Waals surface area contributed by atoms with Crippen LogP contribution in [0.2, 0.25) is 0 Å². The SMILES string of the molecule is Brc1ccc(CNCc2cccnc2)cc1. The molecule has 1 heterocycles. The fraction of sp³-hybridized carbons (Fsp3) is 0.154. The zero-order valence-corrected chi connectivity index (χ0v) is 10.4. The van der Waals surface area contributed by atoms with Crippen molar-refractivity contribution < 1.29 is 0 Å². The summed E-state index contributed by atoms with van der Waals surface area (Å²) in [4.78, 5) is 4.08. The Morgan fingerprint density at radius 1 is 1.00 bits per heavy atom. The van der Waals surface area contributed by atoms with Crippen LogP contribution >= 0.6 is 15.9 Å². The smallest absolute Gasteiger partial charge is 0.0312 e. The maximum absolute atomic E-state index is 4.08. The van der Waals surface area contributed by atoms with Gasteiger partial charge in [0.05, 0.1) is 0 Å². The van der Waals surface area contributed by atoms with Crippen LogP contribution in [-0.4, -0.2) is 4.98 Å². The monoisotopic (exact) mass is 276 g/mol. The van der Waals surface area contributed by atoms with Crippen LogP contribution in [-0.2, 0) is 13.1 Å². The highest BCUT2D eigenvalue weighted by Crippen LogP contribution is 2.10. The zero-order valence-electron chi connectivity index (χ0n) is 8.86. The molecule has 0 aliphatic rings. The Labute approximate surface area is 104 Å². The van der Waals surface area contributed by atoms with Crippen LogP contribution in [0.25, 0.3) is 0 Å². The molecule has 0 aliphatic heterocycles. The minimum absolute atomic E-state index is 0.851. The molecule has 1 aromatic heterocycles. The van der Waals surface area contributed by atoms with Gasteiger partial charge in [-0.15, -0.1) is 0 Å². The first-order valence-corrected chi connectivity index (χ1v) is 5.98. The second kappa shape index (κ2) is 5.77. The van der Waals surface area contributed by atoms with E-state index in [0.717, 1.165) is 17.6 Å². The number of halogens is 1. The third-order valence-corrected chi connectivity index (χ3v) is 2.82. The molecule has 3 heteroatoms. The number of hydrogen-bond donors (Lipinski definition) is 1. The highest BCUT2D eigenvalue weighted by atomic mass is 79.9. The Kier molecular flexibility index (Phi) is 4.08. The van der Waals surface area contributed by atoms with Gasteiger partial charge in [0.15, 0.2) is 0 Å². The van der Waals surface area contributed by atoms with Gasteiger partial charge >= 0.3 is 0 Å². The summed E-state index contributed by atoms with van der Waals surface area (Å²) < 4.78 is 1.11. The number of nitrogens with one attached hydrogen (secondary N) is 1. The van der Waals surface area contributed by atoms with E-state index in [1.165, 1.54) is 11.1 Å². The Hall–Kier alpha value is -1.19. The van der Waals surface area contributed by atoms with Gasteiger partial charge < -0.3 is 5.32 Å². The molecule has 0 fully saturated rings. The molecule has 0 spiro atoms. The van der Waals surface area contributed by atoms with Crippen LogP contribution in [0, 0.1) is 0 Å². The van der Waals surface area contributed by atoms with E-state index in [9.17, 15) is 0 Å². The first-order valence-electron chi connectivity index (χ1n) is 5.18. The molecule has 2 rings (SSSR count). The fourth-order valence-electron chi connectivity index (χ4n) is 1.46. The molecule has 0 unspecified atom stereocenters. The molecular weight excluding hydrogens is 264 g/mol. The molecule has 0 radical (unpaired) electrons. The van der Waals surface area contributed by atoms with Crippen LogP contribution in [0.15, 0.2) is 53.3 Å². The Morgan fingerprint density at radius 2 is 1.75 bits per heavy atom. The molecule has 0 bridgehead atoms. The number of hydrogen-bond acceptors (Lipinski definition) is 2. The largest absolute Gasteiger partial charge is 0.309 e. The van der Waals surface area contributed by atoms with Gasteiger partial charge in [0.25, 0.3) is 0 Å². The van der Waals surface area contributed by atoms with Crippen LogP contribution in [0.1, 0.15) is 11.1 Å². The zero-order chi connectivity index (χ0) is 11.2. The summed E-state index contributed by atoms with van der Waals surface area (Å²) >= 11 is 3.42. The Morgan fingerprint density at radius 3 is 2.44 bits per heavy atom. The molecule has 0 saturated heterocycles. The molecule has 0 atom stereocenters. The number of benzene rings is 1. The lowest BCUT2D eigenvalue weighted by Crippen LogP contribution is -2.12. The van der Waals surface area contributed by atoms with E-state index in [0.29, 0.717) is 0 Å². The van der Waals surface area contributed by atoms with Crippen molar-refractivity contribution in [1.29, 1.82) is 0 Å². The Balaban J connectivity index is 1.82. The van der Waals surface area contributed by atoms with Gasteiger partial charge in [0.1, 0.15) is 0 Å². The van der Waals surface area contributed by atoms with Gasteiger partial charge in [0, 0.05) is 30.0 Å². The van der Waals surface area contributed by atoms with Crippen molar-refractivity contribution >= 4 is 15.9 Å². The van der Waals surface area contributed by atoms with E-state index in [4.69, 9.17) is 0 Å². The number of rotatable bonds is 4. The third kappa shape index (κ3) is 3.43. The fourth-order valence-corrected chi connectivity index (χ4v) is 1.72. The summed E-state index contributed by atoms with van der Waals surface area (Å²) in [5.74, 6) is 0. The summed E-state index contributed by atoms with van der Waals surface area (Å²) in [7, 11) is 0. The summed E-state index contributed by atoms with van der Waals surface area (Å²) in [6.07, 6.45) is 3.67. The minimum atomic E-state index is 0.851. The molecular formula is C13H13BrN2. The molecule has 0 amide bonds. The first kappa shape index (κ1) is 11.3. The number of aromatic nitrogens is 1. The van der Waals surface area contributed by atoms with E-state index >= 15 is 0 Å². The van der Waals surface area contributed by atoms with Crippen molar-refractivity contribution in [3.8, 4) is 0 Å². The van der Waals surface area contributed by atoms with Crippen LogP contribution in [0.5, 0.6) is 0 Å². The van der Waals surface area contributed by atoms with Crippen molar-refractivity contribution in [2.45, 2.75) is 13.1 Å². The normalized spacial score (nSPS) is 10.3. The Bertz CT molecular complexity index is 425. The van der Waals surface area contributed by atoms with E-state index in [1.54, 1.807) is 6.20 Å². The van der Waals surface area contributed by atoms with E-state index < -0.39 is 0 Å². The molecule has 2 nitrogen and oxygen atoms in total. The highest BCUT2D eigenvalue weighted by Gasteiger charge is 1.94. The van der Waals surface area contributed by atoms with Crippen LogP contribution < -0.4 is 5.32 Å². The lowest BCUT2D eigenvalue weighted by Gasteiger charge is -2.04. The predicted octanol–water partition coefficient (Wildman–Crippen LogP) is 3.13. The summed E-state index contributed by atoms with van der Waals surface area (Å²) in [5, 5.41) is 3.38. The molecule has 1 aromatic carbocycles. The van der Waals surface area contributed by atoms with Gasteiger partial charge in [-0.2, -0.15) is 0 Å². The van der Waals surface area contributed by atoms with Crippen LogP contribution in [0.3, 0.4) is 0 Å². The van der Waals surface area contributed by atoms with Crippen molar-refractivity contribution in [3.05, 3.63) is 64.4 Å². The summed E-state index contributed by atoms with van der Waals surface area (Å²) in [6.45, 7) is 1.73. The maximum Gasteiger partial charge on any atom is 0.0312 e. The van der Waals surface area contributed by atoms with E-state index in [2.05, 4.69) is 56.6 Å². The first-order chi connectivity index (χ1) is 7.84. The molecule has 16 heavy (non-hydrogen) atoms. The maximum atomic E-state index is 4.08. The summed E-state index contributed by atoms with van der Waals surface area (Å²) in [5.41, 5.74) is 2.49. The van der Waals surface area contributed by atoms with Crippen molar-refractivity contribution in [1.82, 2.24) is 10.3 Å². The van der Waals surface area contributed by atoms with Gasteiger partial charge in [-0.1, -0.05) is 34.1 Å². The molecule has 2 aromatic rings. The summed E-state index contributed by atoms with van der Waals surface area (Å²) in [6, 6.07) is 12.4. The van der Waals surface area contributed by atoms with E-state index in [-0.39, 0.29) is 0 Å². The number of nitrogens with zero attached hydrogens (tertiary/aromatic N) is 1. The standard InChI is InChI=1S/C13H13BrN2/c14-13-5-3-11(4-6-13)8-16-10-12-2-1-7-15-9-12/h1-7,9,16H,8,10H2. The topological polar surface area (TPSA) is 24.9 Å². The minimum Gasteiger partial charge on any atom is -0.309 e. The van der Waals surface area contributed by atoms with Gasteiger partial charge in [-0.25, -0.2) is 0 Å². The van der Waals surface area contributed by atoms with Crippen molar-refractivity contribution in [3.63, 3.8) is 0 Å². The van der Waals surface area contributed by atoms with Crippen LogP contribution in [0.4, 0.5) is 0 Å². The third-order valence-electron chi connectivity index (χ3n) is 2.29. The van der Waals surface area contributed by atoms with E-state index in [1.807, 2.05) is 12.3 Å². The lowest BCUT2D eigenvalue weighted by atomic mass is 10.2. The second-order valence-corrected chi connectivity index (χ2v) is 4.51. The van der Waals surface area contributed by atoms with Gasteiger partial charge in [-0.3, -0.25) is 4.98 Å². The molecule has 0 aliphatic carbocycles. The molecule has 0 saturated carbocycles. The molecule has 82 valence electrons. The molecule has 1 N–H and O–H groups in total.